The van der Waals surface area contributed by atoms with Gasteiger partial charge >= 0.3 is 0 Å². The van der Waals surface area contributed by atoms with Crippen molar-refractivity contribution in [2.75, 3.05) is 11.9 Å². The number of anilines is 1. The monoisotopic (exact) mass is 477 g/mol. The van der Waals surface area contributed by atoms with Gasteiger partial charge in [0.25, 0.3) is 5.91 Å². The van der Waals surface area contributed by atoms with E-state index in [0.717, 1.165) is 14.5 Å². The largest absolute Gasteiger partial charge is 0.480 e. The van der Waals surface area contributed by atoms with Crippen LogP contribution in [0.5, 0.6) is 5.75 Å². The van der Waals surface area contributed by atoms with Gasteiger partial charge in [0, 0.05) is 17.3 Å². The molecular weight excluding hydrogens is 465 g/mol. The van der Waals surface area contributed by atoms with Gasteiger partial charge in [-0.05, 0) is 58.5 Å². The van der Waals surface area contributed by atoms with E-state index in [4.69, 9.17) is 21.6 Å². The summed E-state index contributed by atoms with van der Waals surface area (Å²) < 4.78 is 6.50. The highest BCUT2D eigenvalue weighted by atomic mass is 127. The van der Waals surface area contributed by atoms with Crippen molar-refractivity contribution in [3.05, 3.63) is 62.8 Å². The van der Waals surface area contributed by atoms with Crippen LogP contribution in [-0.4, -0.2) is 17.5 Å². The van der Waals surface area contributed by atoms with Crippen LogP contribution in [0.4, 0.5) is 5.69 Å². The number of amides is 1. The van der Waals surface area contributed by atoms with Gasteiger partial charge < -0.3 is 10.1 Å². The average Bonchev–Trinajstić information content (AvgIpc) is 2.63. The van der Waals surface area contributed by atoms with Crippen LogP contribution in [0.15, 0.2) is 48.7 Å². The lowest BCUT2D eigenvalue weighted by Crippen LogP contribution is -2.20. The first-order valence-corrected chi connectivity index (χ1v) is 9.15. The number of pyridine rings is 1. The van der Waals surface area contributed by atoms with Crippen LogP contribution in [0.2, 0.25) is 5.02 Å². The number of aromatic nitrogens is 1. The molecule has 3 rings (SSSR count). The SMILES string of the molecule is N#CCc1ccc(NC(=O)COc2c(I)cc(Cl)c3cccnc23)cc1. The van der Waals surface area contributed by atoms with Gasteiger partial charge in [0.1, 0.15) is 5.52 Å². The lowest BCUT2D eigenvalue weighted by Gasteiger charge is -2.12. The number of nitrogens with zero attached hydrogens (tertiary/aromatic N) is 2. The summed E-state index contributed by atoms with van der Waals surface area (Å²) in [6, 6.07) is 14.6. The van der Waals surface area contributed by atoms with E-state index in [1.807, 2.05) is 6.07 Å². The second-order valence-corrected chi connectivity index (χ2v) is 7.01. The molecule has 0 aliphatic rings. The Bertz CT molecular complexity index is 1000. The molecule has 0 bridgehead atoms. The van der Waals surface area contributed by atoms with Crippen molar-refractivity contribution in [3.63, 3.8) is 0 Å². The number of halogens is 2. The minimum atomic E-state index is -0.284. The number of rotatable bonds is 5. The van der Waals surface area contributed by atoms with Gasteiger partial charge in [-0.1, -0.05) is 23.7 Å². The standard InChI is InChI=1S/C19H13ClIN3O2/c20-15-10-16(21)19(18-14(15)2-1-9-23-18)26-11-17(25)24-13-5-3-12(4-6-13)7-8-22/h1-6,9-10H,7,11H2,(H,24,25). The summed E-state index contributed by atoms with van der Waals surface area (Å²) in [4.78, 5) is 16.5. The van der Waals surface area contributed by atoms with Crippen molar-refractivity contribution in [3.8, 4) is 11.8 Å². The first kappa shape index (κ1) is 18.4. The van der Waals surface area contributed by atoms with E-state index >= 15 is 0 Å². The van der Waals surface area contributed by atoms with Crippen LogP contribution < -0.4 is 10.1 Å². The van der Waals surface area contributed by atoms with Crippen molar-refractivity contribution in [2.24, 2.45) is 0 Å². The zero-order chi connectivity index (χ0) is 18.5. The van der Waals surface area contributed by atoms with Crippen molar-refractivity contribution < 1.29 is 9.53 Å². The van der Waals surface area contributed by atoms with E-state index in [2.05, 4.69) is 39.0 Å². The molecule has 1 amide bonds. The molecule has 0 aliphatic carbocycles. The molecule has 0 radical (unpaired) electrons. The molecule has 26 heavy (non-hydrogen) atoms. The molecule has 0 fully saturated rings. The molecule has 1 N–H and O–H groups in total. The normalized spacial score (nSPS) is 10.3. The Morgan fingerprint density at radius 1 is 1.31 bits per heavy atom. The molecule has 7 heteroatoms. The number of hydrogen-bond donors (Lipinski definition) is 1. The summed E-state index contributed by atoms with van der Waals surface area (Å²) in [6.45, 7) is -0.150. The van der Waals surface area contributed by atoms with Gasteiger partial charge in [0.2, 0.25) is 0 Å². The third-order valence-electron chi connectivity index (χ3n) is 3.62. The third-order valence-corrected chi connectivity index (χ3v) is 4.73. The molecular formula is C19H13ClIN3O2. The molecule has 1 aromatic heterocycles. The lowest BCUT2D eigenvalue weighted by molar-refractivity contribution is -0.118. The number of benzene rings is 2. The molecule has 1 heterocycles. The van der Waals surface area contributed by atoms with Crippen LogP contribution >= 0.6 is 34.2 Å². The number of nitrogens with one attached hydrogen (secondary N) is 1. The maximum Gasteiger partial charge on any atom is 0.262 e. The highest BCUT2D eigenvalue weighted by Crippen LogP contribution is 2.34. The Labute approximate surface area is 169 Å². The number of hydrogen-bond acceptors (Lipinski definition) is 4. The zero-order valence-electron chi connectivity index (χ0n) is 13.5. The van der Waals surface area contributed by atoms with E-state index in [9.17, 15) is 4.79 Å². The van der Waals surface area contributed by atoms with Gasteiger partial charge in [-0.15, -0.1) is 0 Å². The van der Waals surface area contributed by atoms with Crippen molar-refractivity contribution in [1.29, 1.82) is 5.26 Å². The molecule has 0 saturated heterocycles. The maximum absolute atomic E-state index is 12.2. The molecule has 3 aromatic rings. The minimum Gasteiger partial charge on any atom is -0.480 e. The maximum atomic E-state index is 12.2. The van der Waals surface area contributed by atoms with Crippen LogP contribution in [0.3, 0.4) is 0 Å². The summed E-state index contributed by atoms with van der Waals surface area (Å²) in [6.07, 6.45) is 2.00. The van der Waals surface area contributed by atoms with E-state index in [0.29, 0.717) is 28.4 Å². The Morgan fingerprint density at radius 3 is 2.81 bits per heavy atom. The van der Waals surface area contributed by atoms with Crippen molar-refractivity contribution >= 4 is 56.7 Å². The third kappa shape index (κ3) is 4.23. The first-order valence-electron chi connectivity index (χ1n) is 7.70. The number of fused-ring (bicyclic) bond motifs is 1. The topological polar surface area (TPSA) is 75.0 Å². The molecule has 0 atom stereocenters. The Hall–Kier alpha value is -2.37. The summed E-state index contributed by atoms with van der Waals surface area (Å²) in [7, 11) is 0. The molecule has 0 aliphatic heterocycles. The summed E-state index contributed by atoms with van der Waals surface area (Å²) in [5, 5.41) is 12.8. The smallest absolute Gasteiger partial charge is 0.262 e. The van der Waals surface area contributed by atoms with Crippen LogP contribution in [0.1, 0.15) is 5.56 Å². The van der Waals surface area contributed by atoms with Crippen LogP contribution in [0, 0.1) is 14.9 Å². The van der Waals surface area contributed by atoms with Gasteiger partial charge in [0.05, 0.1) is 21.1 Å². The highest BCUT2D eigenvalue weighted by molar-refractivity contribution is 14.1. The molecule has 0 unspecified atom stereocenters. The van der Waals surface area contributed by atoms with E-state index in [1.165, 1.54) is 0 Å². The number of ether oxygens (including phenoxy) is 1. The van der Waals surface area contributed by atoms with Crippen LogP contribution in [0.25, 0.3) is 10.9 Å². The summed E-state index contributed by atoms with van der Waals surface area (Å²) >= 11 is 8.35. The average molecular weight is 478 g/mol. The predicted octanol–water partition coefficient (Wildman–Crippen LogP) is 4.58. The minimum absolute atomic E-state index is 0.150. The van der Waals surface area contributed by atoms with Gasteiger partial charge in [0.15, 0.2) is 12.4 Å². The predicted molar refractivity (Wildman–Crippen MR) is 109 cm³/mol. The Kier molecular flexibility index (Phi) is 5.91. The lowest BCUT2D eigenvalue weighted by atomic mass is 10.1. The van der Waals surface area contributed by atoms with E-state index in [-0.39, 0.29) is 12.5 Å². The Balaban J connectivity index is 1.70. The highest BCUT2D eigenvalue weighted by Gasteiger charge is 2.13. The van der Waals surface area contributed by atoms with E-state index < -0.39 is 0 Å². The molecule has 0 spiro atoms. The fourth-order valence-electron chi connectivity index (χ4n) is 2.42. The second-order valence-electron chi connectivity index (χ2n) is 5.44. The summed E-state index contributed by atoms with van der Waals surface area (Å²) in [5.41, 5.74) is 2.17. The van der Waals surface area contributed by atoms with Crippen molar-refractivity contribution in [2.45, 2.75) is 6.42 Å². The molecule has 2 aromatic carbocycles. The fraction of sp³-hybridized carbons (Fsp3) is 0.105. The van der Waals surface area contributed by atoms with Crippen LogP contribution in [-0.2, 0) is 11.2 Å². The van der Waals surface area contributed by atoms with Gasteiger partial charge in [-0.25, -0.2) is 0 Å². The number of carbonyl (C=O) groups excluding carboxylic acids is 1. The summed E-state index contributed by atoms with van der Waals surface area (Å²) in [5.74, 6) is 0.248. The fourth-order valence-corrected chi connectivity index (χ4v) is 3.58. The first-order chi connectivity index (χ1) is 12.6. The van der Waals surface area contributed by atoms with E-state index in [1.54, 1.807) is 42.6 Å². The number of carbonyl (C=O) groups is 1. The molecule has 130 valence electrons. The van der Waals surface area contributed by atoms with Gasteiger partial charge in [-0.2, -0.15) is 5.26 Å². The second kappa shape index (κ2) is 8.34. The van der Waals surface area contributed by atoms with Crippen molar-refractivity contribution in [1.82, 2.24) is 4.98 Å². The number of nitriles is 1. The molecule has 0 saturated carbocycles. The molecule has 5 nitrogen and oxygen atoms in total. The zero-order valence-corrected chi connectivity index (χ0v) is 16.4. The Morgan fingerprint density at radius 2 is 2.08 bits per heavy atom. The van der Waals surface area contributed by atoms with Gasteiger partial charge in [-0.3, -0.25) is 9.78 Å². The quantitative estimate of drug-likeness (QED) is 0.546.